The Labute approximate surface area is 126 Å². The highest BCUT2D eigenvalue weighted by atomic mass is 16.2. The topological polar surface area (TPSA) is 40.6 Å². The summed E-state index contributed by atoms with van der Waals surface area (Å²) >= 11 is 0. The van der Waals surface area contributed by atoms with E-state index < -0.39 is 0 Å². The van der Waals surface area contributed by atoms with E-state index in [0.29, 0.717) is 12.0 Å². The first-order valence-corrected chi connectivity index (χ1v) is 7.65. The minimum Gasteiger partial charge on any atom is -0.334 e. The molecular weight excluding hydrogens is 264 g/mol. The van der Waals surface area contributed by atoms with Gasteiger partial charge in [0.25, 0.3) is 5.91 Å². The maximum atomic E-state index is 12.6. The Kier molecular flexibility index (Phi) is 4.66. The second kappa shape index (κ2) is 6.29. The smallest absolute Gasteiger partial charge is 0.254 e. The van der Waals surface area contributed by atoms with Gasteiger partial charge in [-0.25, -0.2) is 0 Å². The van der Waals surface area contributed by atoms with E-state index in [1.165, 1.54) is 0 Å². The maximum Gasteiger partial charge on any atom is 0.254 e. The van der Waals surface area contributed by atoms with Crippen LogP contribution >= 0.6 is 0 Å². The monoisotopic (exact) mass is 288 g/mol. The molecule has 1 fully saturated rings. The normalized spacial score (nSPS) is 15.1. The minimum absolute atomic E-state index is 0.0410. The van der Waals surface area contributed by atoms with Gasteiger partial charge in [0.2, 0.25) is 5.91 Å². The molecule has 2 amide bonds. The van der Waals surface area contributed by atoms with Crippen LogP contribution in [-0.4, -0.2) is 35.3 Å². The highest BCUT2D eigenvalue weighted by Crippen LogP contribution is 2.22. The summed E-state index contributed by atoms with van der Waals surface area (Å²) in [5, 5.41) is 0. The lowest BCUT2D eigenvalue weighted by Crippen LogP contribution is -2.42. The van der Waals surface area contributed by atoms with Crippen molar-refractivity contribution in [2.24, 2.45) is 0 Å². The third-order valence-corrected chi connectivity index (χ3v) is 3.85. The Balaban J connectivity index is 2.18. The van der Waals surface area contributed by atoms with Gasteiger partial charge in [-0.15, -0.1) is 0 Å². The Bertz CT molecular complexity index is 512. The van der Waals surface area contributed by atoms with Crippen LogP contribution < -0.4 is 4.90 Å². The fourth-order valence-corrected chi connectivity index (χ4v) is 2.92. The number of hydrogen-bond donors (Lipinski definition) is 0. The van der Waals surface area contributed by atoms with Gasteiger partial charge in [-0.3, -0.25) is 9.59 Å². The van der Waals surface area contributed by atoms with Crippen molar-refractivity contribution in [1.82, 2.24) is 4.90 Å². The maximum absolute atomic E-state index is 12.6. The zero-order chi connectivity index (χ0) is 15.6. The molecule has 1 heterocycles. The van der Waals surface area contributed by atoms with E-state index in [0.717, 1.165) is 18.7 Å². The fourth-order valence-electron chi connectivity index (χ4n) is 2.92. The molecule has 0 aromatic heterocycles. The van der Waals surface area contributed by atoms with Gasteiger partial charge >= 0.3 is 0 Å². The summed E-state index contributed by atoms with van der Waals surface area (Å²) in [5.41, 5.74) is 1.56. The summed E-state index contributed by atoms with van der Waals surface area (Å²) in [5.74, 6) is 0.208. The summed E-state index contributed by atoms with van der Waals surface area (Å²) < 4.78 is 0. The van der Waals surface area contributed by atoms with E-state index in [2.05, 4.69) is 0 Å². The predicted octanol–water partition coefficient (Wildman–Crippen LogP) is 3.07. The second-order valence-corrected chi connectivity index (χ2v) is 6.10. The number of hydrogen-bond acceptors (Lipinski definition) is 2. The van der Waals surface area contributed by atoms with Crippen molar-refractivity contribution in [3.8, 4) is 0 Å². The first-order chi connectivity index (χ1) is 9.91. The van der Waals surface area contributed by atoms with Gasteiger partial charge in [-0.2, -0.15) is 0 Å². The molecule has 1 saturated heterocycles. The molecule has 2 rings (SSSR count). The largest absolute Gasteiger partial charge is 0.334 e. The molecule has 0 N–H and O–H groups in total. The van der Waals surface area contributed by atoms with Crippen LogP contribution in [0.1, 0.15) is 50.9 Å². The van der Waals surface area contributed by atoms with Crippen LogP contribution in [0.3, 0.4) is 0 Å². The molecule has 0 radical (unpaired) electrons. The molecule has 0 saturated carbocycles. The number of carbonyl (C=O) groups is 2. The molecule has 1 aromatic carbocycles. The summed E-state index contributed by atoms with van der Waals surface area (Å²) in [6.07, 6.45) is 1.53. The molecular formula is C17H24N2O2. The van der Waals surface area contributed by atoms with E-state index in [4.69, 9.17) is 0 Å². The lowest BCUT2D eigenvalue weighted by atomic mass is 10.1. The van der Waals surface area contributed by atoms with E-state index >= 15 is 0 Å². The Morgan fingerprint density at radius 2 is 1.67 bits per heavy atom. The van der Waals surface area contributed by atoms with Crippen molar-refractivity contribution >= 4 is 17.5 Å². The molecule has 1 aliphatic rings. The number of anilines is 1. The highest BCUT2D eigenvalue weighted by Gasteiger charge is 2.24. The Morgan fingerprint density at radius 1 is 1.10 bits per heavy atom. The quantitative estimate of drug-likeness (QED) is 0.854. The second-order valence-electron chi connectivity index (χ2n) is 6.10. The molecule has 1 aromatic rings. The van der Waals surface area contributed by atoms with Crippen molar-refractivity contribution in [2.75, 3.05) is 11.4 Å². The van der Waals surface area contributed by atoms with E-state index in [1.807, 2.05) is 56.9 Å². The van der Waals surface area contributed by atoms with E-state index in [9.17, 15) is 9.59 Å². The standard InChI is InChI=1S/C17H24N2O2/c1-12(2)19(13(3)4)17(21)14-7-9-15(10-8-14)18-11-5-6-16(18)20/h7-10,12-13H,5-6,11H2,1-4H3. The first-order valence-electron chi connectivity index (χ1n) is 7.65. The van der Waals surface area contributed by atoms with Crippen molar-refractivity contribution in [1.29, 1.82) is 0 Å². The molecule has 0 atom stereocenters. The van der Waals surface area contributed by atoms with Crippen LogP contribution in [0.15, 0.2) is 24.3 Å². The summed E-state index contributed by atoms with van der Waals surface area (Å²) in [6, 6.07) is 7.71. The summed E-state index contributed by atoms with van der Waals surface area (Å²) in [6.45, 7) is 8.87. The van der Waals surface area contributed by atoms with Gasteiger partial charge < -0.3 is 9.80 Å². The van der Waals surface area contributed by atoms with Crippen LogP contribution in [-0.2, 0) is 4.79 Å². The number of benzene rings is 1. The zero-order valence-electron chi connectivity index (χ0n) is 13.3. The van der Waals surface area contributed by atoms with Gasteiger partial charge in [0.15, 0.2) is 0 Å². The van der Waals surface area contributed by atoms with E-state index in [1.54, 1.807) is 4.90 Å². The van der Waals surface area contributed by atoms with Crippen LogP contribution in [0.25, 0.3) is 0 Å². The zero-order valence-corrected chi connectivity index (χ0v) is 13.3. The van der Waals surface area contributed by atoms with Crippen LogP contribution in [0.4, 0.5) is 5.69 Å². The fraction of sp³-hybridized carbons (Fsp3) is 0.529. The van der Waals surface area contributed by atoms with Crippen LogP contribution in [0, 0.1) is 0 Å². The average Bonchev–Trinajstić information content (AvgIpc) is 2.84. The van der Waals surface area contributed by atoms with Crippen molar-refractivity contribution in [3.63, 3.8) is 0 Å². The van der Waals surface area contributed by atoms with Gasteiger partial charge in [-0.1, -0.05) is 0 Å². The molecule has 0 spiro atoms. The SMILES string of the molecule is CC(C)N(C(=O)c1ccc(N2CCCC2=O)cc1)C(C)C. The van der Waals surface area contributed by atoms with Gasteiger partial charge in [-0.05, 0) is 58.4 Å². The third-order valence-electron chi connectivity index (χ3n) is 3.85. The lowest BCUT2D eigenvalue weighted by Gasteiger charge is -2.31. The Hall–Kier alpha value is -1.84. The molecule has 0 aliphatic carbocycles. The molecule has 114 valence electrons. The molecule has 4 nitrogen and oxygen atoms in total. The van der Waals surface area contributed by atoms with Crippen LogP contribution in [0.2, 0.25) is 0 Å². The highest BCUT2D eigenvalue weighted by molar-refractivity contribution is 5.97. The molecule has 4 heteroatoms. The summed E-state index contributed by atoms with van der Waals surface area (Å²) in [7, 11) is 0. The first kappa shape index (κ1) is 15.5. The predicted molar refractivity (Wildman–Crippen MR) is 84.5 cm³/mol. The number of nitrogens with zero attached hydrogens (tertiary/aromatic N) is 2. The minimum atomic E-state index is 0.0410. The van der Waals surface area contributed by atoms with E-state index in [-0.39, 0.29) is 23.9 Å². The number of amides is 2. The lowest BCUT2D eigenvalue weighted by molar-refractivity contribution is -0.117. The van der Waals surface area contributed by atoms with Gasteiger partial charge in [0.05, 0.1) is 0 Å². The van der Waals surface area contributed by atoms with Crippen LogP contribution in [0.5, 0.6) is 0 Å². The van der Waals surface area contributed by atoms with Crippen molar-refractivity contribution in [2.45, 2.75) is 52.6 Å². The summed E-state index contributed by atoms with van der Waals surface area (Å²) in [4.78, 5) is 28.0. The number of carbonyl (C=O) groups excluding carboxylic acids is 2. The molecule has 0 unspecified atom stereocenters. The molecule has 1 aliphatic heterocycles. The van der Waals surface area contributed by atoms with Gasteiger partial charge in [0, 0.05) is 36.3 Å². The Morgan fingerprint density at radius 3 is 2.10 bits per heavy atom. The number of rotatable bonds is 4. The van der Waals surface area contributed by atoms with Crippen molar-refractivity contribution < 1.29 is 9.59 Å². The average molecular weight is 288 g/mol. The molecule has 0 bridgehead atoms. The third kappa shape index (κ3) is 3.26. The van der Waals surface area contributed by atoms with Gasteiger partial charge in [0.1, 0.15) is 0 Å². The van der Waals surface area contributed by atoms with Crippen molar-refractivity contribution in [3.05, 3.63) is 29.8 Å². The molecule has 21 heavy (non-hydrogen) atoms.